The van der Waals surface area contributed by atoms with Gasteiger partial charge in [-0.3, -0.25) is 14.4 Å². The summed E-state index contributed by atoms with van der Waals surface area (Å²) in [5.41, 5.74) is 1.45. The minimum atomic E-state index is -0.689. The molecule has 1 amide bonds. The Balaban J connectivity index is 1.49. The first-order valence-corrected chi connectivity index (χ1v) is 10.3. The van der Waals surface area contributed by atoms with Gasteiger partial charge in [0.05, 0.1) is 12.2 Å². The lowest BCUT2D eigenvalue weighted by atomic mass is 9.83. The number of esters is 1. The molecule has 8 nitrogen and oxygen atoms in total. The molecule has 0 unspecified atom stereocenters. The van der Waals surface area contributed by atoms with E-state index in [1.165, 1.54) is 0 Å². The lowest BCUT2D eigenvalue weighted by Crippen LogP contribution is -2.36. The molecule has 2 aromatic carbocycles. The van der Waals surface area contributed by atoms with Gasteiger partial charge < -0.3 is 20.1 Å². The summed E-state index contributed by atoms with van der Waals surface area (Å²) >= 11 is 0. The van der Waals surface area contributed by atoms with E-state index in [1.807, 2.05) is 0 Å². The van der Waals surface area contributed by atoms with E-state index in [1.54, 1.807) is 63.2 Å². The topological polar surface area (TPSA) is 111 Å². The molecular formula is C24H26N2O6. The molecule has 0 saturated carbocycles. The van der Waals surface area contributed by atoms with Gasteiger partial charge >= 0.3 is 12.1 Å². The molecule has 8 heteroatoms. The Bertz CT molecular complexity index is 1050. The van der Waals surface area contributed by atoms with Gasteiger partial charge in [0.25, 0.3) is 0 Å². The minimum Gasteiger partial charge on any atom is -0.464 e. The van der Waals surface area contributed by atoms with E-state index in [4.69, 9.17) is 9.47 Å². The van der Waals surface area contributed by atoms with Crippen LogP contribution in [0.2, 0.25) is 0 Å². The zero-order valence-corrected chi connectivity index (χ0v) is 18.3. The molecule has 0 radical (unpaired) electrons. The maximum absolute atomic E-state index is 13.0. The number of rotatable bonds is 7. The summed E-state index contributed by atoms with van der Waals surface area (Å²) in [5, 5.41) is 5.49. The first-order valence-electron chi connectivity index (χ1n) is 10.3. The number of carbonyl (C=O) groups is 4. The number of carbonyl (C=O) groups excluding carboxylic acids is 4. The van der Waals surface area contributed by atoms with Gasteiger partial charge in [-0.1, -0.05) is 36.4 Å². The van der Waals surface area contributed by atoms with Gasteiger partial charge in [0.15, 0.2) is 11.6 Å². The van der Waals surface area contributed by atoms with E-state index < -0.39 is 17.7 Å². The van der Waals surface area contributed by atoms with E-state index in [-0.39, 0.29) is 24.7 Å². The molecule has 0 aromatic heterocycles. The maximum Gasteiger partial charge on any atom is 0.408 e. The van der Waals surface area contributed by atoms with E-state index in [0.29, 0.717) is 40.9 Å². The fraction of sp³-hybridized carbons (Fsp3) is 0.333. The molecule has 0 heterocycles. The van der Waals surface area contributed by atoms with Crippen molar-refractivity contribution in [3.63, 3.8) is 0 Å². The number of ketones is 2. The molecular weight excluding hydrogens is 412 g/mol. The van der Waals surface area contributed by atoms with E-state index >= 15 is 0 Å². The standard InChI is InChI=1S/C24H26N2O6/c1-24(2,3)32-23(30)26-14-19(27)31-13-7-12-25-18-11-6-10-17-20(18)22(29)16-9-5-4-8-15(16)21(17)28/h4-6,8-11,25H,7,12-14H2,1-3H3,(H,26,30). The number of hydrogen-bond acceptors (Lipinski definition) is 7. The molecule has 1 aliphatic rings. The quantitative estimate of drug-likeness (QED) is 0.430. The average Bonchev–Trinajstić information content (AvgIpc) is 2.74. The lowest BCUT2D eigenvalue weighted by molar-refractivity contribution is -0.142. The van der Waals surface area contributed by atoms with Crippen LogP contribution in [0.1, 0.15) is 59.0 Å². The third kappa shape index (κ3) is 5.51. The Hall–Kier alpha value is -3.68. The molecule has 0 aliphatic heterocycles. The van der Waals surface area contributed by atoms with Crippen molar-refractivity contribution in [2.75, 3.05) is 25.0 Å². The first kappa shape index (κ1) is 23.0. The molecule has 32 heavy (non-hydrogen) atoms. The van der Waals surface area contributed by atoms with Gasteiger partial charge in [-0.15, -0.1) is 0 Å². The zero-order chi connectivity index (χ0) is 23.3. The van der Waals surface area contributed by atoms with E-state index in [2.05, 4.69) is 10.6 Å². The van der Waals surface area contributed by atoms with Crippen LogP contribution in [0.5, 0.6) is 0 Å². The SMILES string of the molecule is CC(C)(C)OC(=O)NCC(=O)OCCCNc1cccc2c1C(=O)c1ccccc1C2=O. The summed E-state index contributed by atoms with van der Waals surface area (Å²) in [6, 6.07) is 11.9. The zero-order valence-electron chi connectivity index (χ0n) is 18.3. The molecule has 0 atom stereocenters. The van der Waals surface area contributed by atoms with Crippen molar-refractivity contribution in [1.82, 2.24) is 5.32 Å². The molecule has 3 rings (SSSR count). The Labute approximate surface area is 186 Å². The highest BCUT2D eigenvalue weighted by molar-refractivity contribution is 6.30. The van der Waals surface area contributed by atoms with Crippen LogP contribution in [0.3, 0.4) is 0 Å². The Morgan fingerprint density at radius 3 is 2.25 bits per heavy atom. The summed E-state index contributed by atoms with van der Waals surface area (Å²) in [4.78, 5) is 49.0. The Kier molecular flexibility index (Phi) is 6.92. The second-order valence-electron chi connectivity index (χ2n) is 8.29. The number of anilines is 1. The summed E-state index contributed by atoms with van der Waals surface area (Å²) in [6.45, 7) is 5.45. The monoisotopic (exact) mass is 438 g/mol. The number of alkyl carbamates (subject to hydrolysis) is 1. The number of nitrogens with one attached hydrogen (secondary N) is 2. The van der Waals surface area contributed by atoms with Gasteiger partial charge in [-0.25, -0.2) is 4.79 Å². The largest absolute Gasteiger partial charge is 0.464 e. The lowest BCUT2D eigenvalue weighted by Gasteiger charge is -2.20. The van der Waals surface area contributed by atoms with E-state index in [0.717, 1.165) is 0 Å². The molecule has 0 spiro atoms. The van der Waals surface area contributed by atoms with Gasteiger partial charge in [0, 0.05) is 28.9 Å². The van der Waals surface area contributed by atoms with Crippen LogP contribution >= 0.6 is 0 Å². The van der Waals surface area contributed by atoms with Crippen LogP contribution < -0.4 is 10.6 Å². The number of benzene rings is 2. The fourth-order valence-corrected chi connectivity index (χ4v) is 3.28. The van der Waals surface area contributed by atoms with Gasteiger partial charge in [-0.2, -0.15) is 0 Å². The number of amides is 1. The summed E-state index contributed by atoms with van der Waals surface area (Å²) < 4.78 is 10.1. The highest BCUT2D eigenvalue weighted by Gasteiger charge is 2.31. The van der Waals surface area contributed by atoms with Crippen molar-refractivity contribution in [3.8, 4) is 0 Å². The molecule has 1 aliphatic carbocycles. The minimum absolute atomic E-state index is 0.132. The second-order valence-corrected chi connectivity index (χ2v) is 8.29. The summed E-state index contributed by atoms with van der Waals surface area (Å²) in [5.74, 6) is -0.950. The Morgan fingerprint density at radius 2 is 1.56 bits per heavy atom. The predicted octanol–water partition coefficient (Wildman–Crippen LogP) is 3.33. The molecule has 0 saturated heterocycles. The number of hydrogen-bond donors (Lipinski definition) is 2. The van der Waals surface area contributed by atoms with Crippen molar-refractivity contribution >= 4 is 29.3 Å². The van der Waals surface area contributed by atoms with Gasteiger partial charge in [0.1, 0.15) is 12.1 Å². The van der Waals surface area contributed by atoms with Gasteiger partial charge in [-0.05, 0) is 33.3 Å². The molecule has 0 bridgehead atoms. The predicted molar refractivity (Wildman–Crippen MR) is 118 cm³/mol. The van der Waals surface area contributed by atoms with Crippen LogP contribution in [0.4, 0.5) is 10.5 Å². The van der Waals surface area contributed by atoms with E-state index in [9.17, 15) is 19.2 Å². The third-order valence-corrected chi connectivity index (χ3v) is 4.63. The molecule has 2 N–H and O–H groups in total. The molecule has 0 fully saturated rings. The molecule has 168 valence electrons. The van der Waals surface area contributed by atoms with Crippen molar-refractivity contribution in [3.05, 3.63) is 64.7 Å². The highest BCUT2D eigenvalue weighted by Crippen LogP contribution is 2.31. The van der Waals surface area contributed by atoms with Crippen LogP contribution in [0, 0.1) is 0 Å². The summed E-state index contributed by atoms with van der Waals surface area (Å²) in [6.07, 6.45) is -0.216. The normalized spacial score (nSPS) is 12.5. The maximum atomic E-state index is 13.0. The number of ether oxygens (including phenoxy) is 2. The second kappa shape index (κ2) is 9.64. The fourth-order valence-electron chi connectivity index (χ4n) is 3.28. The molecule has 2 aromatic rings. The highest BCUT2D eigenvalue weighted by atomic mass is 16.6. The van der Waals surface area contributed by atoms with Crippen LogP contribution in [-0.4, -0.2) is 48.9 Å². The van der Waals surface area contributed by atoms with Gasteiger partial charge in [0.2, 0.25) is 0 Å². The van der Waals surface area contributed by atoms with Crippen LogP contribution in [0.25, 0.3) is 0 Å². The van der Waals surface area contributed by atoms with Crippen molar-refractivity contribution in [2.45, 2.75) is 32.8 Å². The smallest absolute Gasteiger partial charge is 0.408 e. The third-order valence-electron chi connectivity index (χ3n) is 4.63. The number of fused-ring (bicyclic) bond motifs is 2. The average molecular weight is 438 g/mol. The first-order chi connectivity index (χ1) is 15.2. The van der Waals surface area contributed by atoms with Crippen molar-refractivity contribution in [1.29, 1.82) is 0 Å². The van der Waals surface area contributed by atoms with Crippen molar-refractivity contribution in [2.24, 2.45) is 0 Å². The van der Waals surface area contributed by atoms with Crippen LogP contribution in [0.15, 0.2) is 42.5 Å². The van der Waals surface area contributed by atoms with Crippen LogP contribution in [-0.2, 0) is 14.3 Å². The Morgan fingerprint density at radius 1 is 0.906 bits per heavy atom. The summed E-state index contributed by atoms with van der Waals surface area (Å²) in [7, 11) is 0. The van der Waals surface area contributed by atoms with Crippen molar-refractivity contribution < 1.29 is 28.7 Å².